The average Bonchev–Trinajstić information content (AvgIpc) is 3.15. The van der Waals surface area contributed by atoms with Gasteiger partial charge >= 0.3 is 0 Å². The van der Waals surface area contributed by atoms with Gasteiger partial charge < -0.3 is 11.1 Å². The summed E-state index contributed by atoms with van der Waals surface area (Å²) in [4.78, 5) is 14.6. The summed E-state index contributed by atoms with van der Waals surface area (Å²) >= 11 is 1.74. The van der Waals surface area contributed by atoms with Gasteiger partial charge in [-0.15, -0.1) is 11.3 Å². The van der Waals surface area contributed by atoms with E-state index in [-0.39, 0.29) is 6.04 Å². The Morgan fingerprint density at radius 3 is 2.90 bits per heavy atom. The molecule has 2 heterocycles. The molecule has 1 aliphatic carbocycles. The summed E-state index contributed by atoms with van der Waals surface area (Å²) in [5, 5.41) is 4.45. The first-order valence-corrected chi connectivity index (χ1v) is 7.83. The first kappa shape index (κ1) is 13.3. The monoisotopic (exact) mass is 289 g/mol. The molecule has 1 saturated carbocycles. The lowest BCUT2D eigenvalue weighted by molar-refractivity contribution is 0.845. The van der Waals surface area contributed by atoms with Gasteiger partial charge in [-0.05, 0) is 26.2 Å². The maximum Gasteiger partial charge on any atom is 0.136 e. The smallest absolute Gasteiger partial charge is 0.136 e. The maximum absolute atomic E-state index is 5.86. The third kappa shape index (κ3) is 2.90. The van der Waals surface area contributed by atoms with E-state index >= 15 is 0 Å². The second-order valence-corrected chi connectivity index (χ2v) is 6.34. The van der Waals surface area contributed by atoms with Crippen molar-refractivity contribution in [1.29, 1.82) is 0 Å². The van der Waals surface area contributed by atoms with Crippen molar-refractivity contribution >= 4 is 23.0 Å². The molecule has 0 saturated heterocycles. The largest absolute Gasteiger partial charge is 0.384 e. The van der Waals surface area contributed by atoms with E-state index in [4.69, 9.17) is 5.73 Å². The highest BCUT2D eigenvalue weighted by atomic mass is 32.1. The van der Waals surface area contributed by atoms with Crippen LogP contribution < -0.4 is 11.1 Å². The van der Waals surface area contributed by atoms with Crippen molar-refractivity contribution in [1.82, 2.24) is 15.0 Å². The number of nitrogen functional groups attached to an aromatic ring is 1. The van der Waals surface area contributed by atoms with Gasteiger partial charge in [-0.1, -0.05) is 6.92 Å². The molecule has 0 aliphatic heterocycles. The quantitative estimate of drug-likeness (QED) is 0.884. The topological polar surface area (TPSA) is 76.7 Å². The van der Waals surface area contributed by atoms with Crippen molar-refractivity contribution in [3.05, 3.63) is 28.0 Å². The lowest BCUT2D eigenvalue weighted by Crippen LogP contribution is -2.10. The molecule has 0 spiro atoms. The molecule has 1 aliphatic rings. The van der Waals surface area contributed by atoms with Crippen LogP contribution in [0.1, 0.15) is 54.4 Å². The lowest BCUT2D eigenvalue weighted by Gasteiger charge is -2.13. The molecule has 1 atom stereocenters. The second kappa shape index (κ2) is 5.36. The number of rotatable bonds is 5. The zero-order valence-electron chi connectivity index (χ0n) is 11.8. The summed E-state index contributed by atoms with van der Waals surface area (Å²) in [5.74, 6) is 2.69. The highest BCUT2D eigenvalue weighted by molar-refractivity contribution is 7.11. The van der Waals surface area contributed by atoms with Gasteiger partial charge in [0.05, 0.1) is 6.04 Å². The SMILES string of the molecule is CCc1cnc(C(C)Nc2cc(N)nc(C3CC3)n2)s1. The Morgan fingerprint density at radius 2 is 2.25 bits per heavy atom. The number of nitrogens with zero attached hydrogens (tertiary/aromatic N) is 3. The Balaban J connectivity index is 1.76. The summed E-state index contributed by atoms with van der Waals surface area (Å²) in [6.45, 7) is 4.23. The van der Waals surface area contributed by atoms with Crippen molar-refractivity contribution in [2.24, 2.45) is 0 Å². The summed E-state index contributed by atoms with van der Waals surface area (Å²) in [5.41, 5.74) is 5.86. The predicted molar refractivity (Wildman–Crippen MR) is 81.9 cm³/mol. The average molecular weight is 289 g/mol. The number of nitrogens with two attached hydrogens (primary N) is 1. The standard InChI is InChI=1S/C14H19N5S/c1-3-10-7-16-14(20-10)8(2)17-12-6-11(15)18-13(19-12)9-4-5-9/h6-9H,3-5H2,1-2H3,(H3,15,17,18,19). The number of aromatic nitrogens is 3. The molecule has 1 fully saturated rings. The Bertz CT molecular complexity index is 605. The fourth-order valence-corrected chi connectivity index (χ4v) is 2.91. The number of thiazole rings is 1. The minimum absolute atomic E-state index is 0.127. The number of nitrogens with one attached hydrogen (secondary N) is 1. The van der Waals surface area contributed by atoms with Gasteiger partial charge in [-0.3, -0.25) is 0 Å². The zero-order chi connectivity index (χ0) is 14.1. The minimum Gasteiger partial charge on any atom is -0.384 e. The zero-order valence-corrected chi connectivity index (χ0v) is 12.6. The van der Waals surface area contributed by atoms with Crippen LogP contribution in [0.2, 0.25) is 0 Å². The van der Waals surface area contributed by atoms with Crippen LogP contribution in [0.15, 0.2) is 12.3 Å². The van der Waals surface area contributed by atoms with Crippen LogP contribution in [0.25, 0.3) is 0 Å². The molecule has 0 bridgehead atoms. The van der Waals surface area contributed by atoms with Crippen molar-refractivity contribution in [3.8, 4) is 0 Å². The van der Waals surface area contributed by atoms with E-state index in [0.717, 1.165) is 23.1 Å². The minimum atomic E-state index is 0.127. The van der Waals surface area contributed by atoms with Gasteiger partial charge in [0.1, 0.15) is 22.5 Å². The van der Waals surface area contributed by atoms with Gasteiger partial charge in [-0.25, -0.2) is 15.0 Å². The van der Waals surface area contributed by atoms with Crippen LogP contribution in [-0.4, -0.2) is 15.0 Å². The van der Waals surface area contributed by atoms with E-state index in [0.29, 0.717) is 11.7 Å². The first-order valence-electron chi connectivity index (χ1n) is 7.01. The van der Waals surface area contributed by atoms with Crippen molar-refractivity contribution < 1.29 is 0 Å². The number of anilines is 2. The van der Waals surface area contributed by atoms with Crippen molar-refractivity contribution in [2.45, 2.75) is 45.1 Å². The fourth-order valence-electron chi connectivity index (χ4n) is 2.05. The van der Waals surface area contributed by atoms with Crippen LogP contribution in [0.5, 0.6) is 0 Å². The van der Waals surface area contributed by atoms with E-state index in [2.05, 4.69) is 34.1 Å². The van der Waals surface area contributed by atoms with E-state index in [9.17, 15) is 0 Å². The number of aryl methyl sites for hydroxylation is 1. The van der Waals surface area contributed by atoms with Gasteiger partial charge in [-0.2, -0.15) is 0 Å². The maximum atomic E-state index is 5.86. The fraction of sp³-hybridized carbons (Fsp3) is 0.500. The van der Waals surface area contributed by atoms with Gasteiger partial charge in [0.25, 0.3) is 0 Å². The molecule has 2 aromatic heterocycles. The molecule has 3 rings (SSSR count). The third-order valence-electron chi connectivity index (χ3n) is 3.36. The molecule has 0 radical (unpaired) electrons. The Hall–Kier alpha value is -1.69. The van der Waals surface area contributed by atoms with Crippen molar-refractivity contribution in [2.75, 3.05) is 11.1 Å². The van der Waals surface area contributed by atoms with E-state index < -0.39 is 0 Å². The van der Waals surface area contributed by atoms with Crippen LogP contribution in [0.3, 0.4) is 0 Å². The Labute approximate surface area is 122 Å². The van der Waals surface area contributed by atoms with Gasteiger partial charge in [0.2, 0.25) is 0 Å². The Morgan fingerprint density at radius 1 is 1.45 bits per heavy atom. The highest BCUT2D eigenvalue weighted by Gasteiger charge is 2.27. The number of hydrogen-bond acceptors (Lipinski definition) is 6. The molecule has 3 N–H and O–H groups in total. The molecule has 5 nitrogen and oxygen atoms in total. The molecular weight excluding hydrogens is 270 g/mol. The molecule has 106 valence electrons. The summed E-state index contributed by atoms with van der Waals surface area (Å²) < 4.78 is 0. The van der Waals surface area contributed by atoms with Crippen LogP contribution >= 0.6 is 11.3 Å². The lowest BCUT2D eigenvalue weighted by atomic mass is 10.3. The van der Waals surface area contributed by atoms with Gasteiger partial charge in [0.15, 0.2) is 0 Å². The molecule has 1 unspecified atom stereocenters. The van der Waals surface area contributed by atoms with E-state index in [1.165, 1.54) is 17.7 Å². The van der Waals surface area contributed by atoms with Crippen LogP contribution in [0.4, 0.5) is 11.6 Å². The number of hydrogen-bond donors (Lipinski definition) is 2. The van der Waals surface area contributed by atoms with Gasteiger partial charge in [0, 0.05) is 23.1 Å². The van der Waals surface area contributed by atoms with Crippen molar-refractivity contribution in [3.63, 3.8) is 0 Å². The van der Waals surface area contributed by atoms with E-state index in [1.54, 1.807) is 17.4 Å². The Kier molecular flexibility index (Phi) is 3.56. The third-order valence-corrected chi connectivity index (χ3v) is 4.68. The molecule has 2 aromatic rings. The molecule has 6 heteroatoms. The molecular formula is C14H19N5S. The predicted octanol–water partition coefficient (Wildman–Crippen LogP) is 3.13. The molecule has 20 heavy (non-hydrogen) atoms. The molecule has 0 aromatic carbocycles. The molecule has 0 amide bonds. The van der Waals surface area contributed by atoms with Crippen LogP contribution in [0, 0.1) is 0 Å². The van der Waals surface area contributed by atoms with Crippen LogP contribution in [-0.2, 0) is 6.42 Å². The van der Waals surface area contributed by atoms with E-state index in [1.807, 2.05) is 6.20 Å². The normalized spacial score (nSPS) is 16.1. The summed E-state index contributed by atoms with van der Waals surface area (Å²) in [6, 6.07) is 1.91. The first-order chi connectivity index (χ1) is 9.65. The highest BCUT2D eigenvalue weighted by Crippen LogP contribution is 2.38. The summed E-state index contributed by atoms with van der Waals surface area (Å²) in [6.07, 6.45) is 5.31. The summed E-state index contributed by atoms with van der Waals surface area (Å²) in [7, 11) is 0. The second-order valence-electron chi connectivity index (χ2n) is 5.19.